The zero-order valence-electron chi connectivity index (χ0n) is 10.6. The minimum Gasteiger partial charge on any atom is -0.335 e. The highest BCUT2D eigenvalue weighted by Crippen LogP contribution is 2.18. The second kappa shape index (κ2) is 5.48. The third-order valence-corrected chi connectivity index (χ3v) is 3.20. The van der Waals surface area contributed by atoms with E-state index >= 15 is 0 Å². The molecule has 7 heteroatoms. The molecule has 1 aliphatic carbocycles. The van der Waals surface area contributed by atoms with E-state index in [1.807, 2.05) is 6.07 Å². The van der Waals surface area contributed by atoms with Crippen LogP contribution >= 0.6 is 0 Å². The molecule has 2 rings (SSSR count). The second-order valence-corrected chi connectivity index (χ2v) is 6.42. The number of carbonyl (C=O) groups excluding carboxylic acids is 1. The van der Waals surface area contributed by atoms with E-state index in [9.17, 15) is 13.2 Å². The fourth-order valence-corrected chi connectivity index (χ4v) is 2.16. The molecule has 1 aliphatic rings. The molecule has 1 aromatic carbocycles. The quantitative estimate of drug-likeness (QED) is 0.754. The van der Waals surface area contributed by atoms with Gasteiger partial charge in [-0.3, -0.25) is 4.72 Å². The number of hydrogen-bond acceptors (Lipinski definition) is 3. The first-order valence-corrected chi connectivity index (χ1v) is 7.92. The molecule has 2 amide bonds. The van der Waals surface area contributed by atoms with Gasteiger partial charge < -0.3 is 10.6 Å². The number of nitrogens with one attached hydrogen (secondary N) is 3. The molecule has 1 aromatic rings. The number of carbonyl (C=O) groups is 1. The number of benzene rings is 1. The van der Waals surface area contributed by atoms with Crippen molar-refractivity contribution in [1.29, 1.82) is 0 Å². The van der Waals surface area contributed by atoms with Gasteiger partial charge in [-0.1, -0.05) is 12.1 Å². The van der Waals surface area contributed by atoms with Crippen LogP contribution in [0.5, 0.6) is 0 Å². The van der Waals surface area contributed by atoms with Gasteiger partial charge in [-0.25, -0.2) is 13.2 Å². The molecule has 0 spiro atoms. The first-order chi connectivity index (χ1) is 8.92. The van der Waals surface area contributed by atoms with Gasteiger partial charge >= 0.3 is 6.03 Å². The molecule has 0 atom stereocenters. The topological polar surface area (TPSA) is 87.3 Å². The Hall–Kier alpha value is -1.76. The number of hydrogen-bond donors (Lipinski definition) is 3. The van der Waals surface area contributed by atoms with Gasteiger partial charge in [0.05, 0.1) is 6.26 Å². The van der Waals surface area contributed by atoms with E-state index in [-0.39, 0.29) is 6.03 Å². The molecule has 19 heavy (non-hydrogen) atoms. The fourth-order valence-electron chi connectivity index (χ4n) is 1.61. The molecule has 6 nitrogen and oxygen atoms in total. The van der Waals surface area contributed by atoms with Crippen LogP contribution in [0.4, 0.5) is 10.5 Å². The van der Waals surface area contributed by atoms with Crippen LogP contribution in [-0.4, -0.2) is 26.7 Å². The van der Waals surface area contributed by atoms with Crippen LogP contribution in [0, 0.1) is 0 Å². The normalized spacial score (nSPS) is 14.8. The molecule has 3 N–H and O–H groups in total. The Kier molecular flexibility index (Phi) is 3.94. The number of anilines is 1. The third-order valence-electron chi connectivity index (χ3n) is 2.60. The van der Waals surface area contributed by atoms with E-state index in [2.05, 4.69) is 15.4 Å². The Morgan fingerprint density at radius 1 is 1.37 bits per heavy atom. The minimum atomic E-state index is -3.28. The van der Waals surface area contributed by atoms with Crippen molar-refractivity contribution in [1.82, 2.24) is 10.6 Å². The largest absolute Gasteiger partial charge is 0.335 e. The monoisotopic (exact) mass is 283 g/mol. The zero-order chi connectivity index (χ0) is 13.9. The summed E-state index contributed by atoms with van der Waals surface area (Å²) < 4.78 is 24.6. The van der Waals surface area contributed by atoms with Crippen molar-refractivity contribution >= 4 is 21.7 Å². The molecule has 0 saturated heterocycles. The Balaban J connectivity index is 1.89. The van der Waals surface area contributed by atoms with Gasteiger partial charge in [-0.2, -0.15) is 0 Å². The summed E-state index contributed by atoms with van der Waals surface area (Å²) in [4.78, 5) is 11.4. The molecule has 1 saturated carbocycles. The smallest absolute Gasteiger partial charge is 0.315 e. The standard InChI is InChI=1S/C12H17N3O3S/c1-19(17,18)15-11-4-2-3-9(7-11)8-13-12(16)14-10-5-6-10/h2-4,7,10,15H,5-6,8H2,1H3,(H2,13,14,16). The fraction of sp³-hybridized carbons (Fsp3) is 0.417. The van der Waals surface area contributed by atoms with E-state index in [1.165, 1.54) is 0 Å². The number of amides is 2. The molecule has 0 aliphatic heterocycles. The van der Waals surface area contributed by atoms with Crippen molar-refractivity contribution in [3.63, 3.8) is 0 Å². The first-order valence-electron chi connectivity index (χ1n) is 6.03. The second-order valence-electron chi connectivity index (χ2n) is 4.68. The number of urea groups is 1. The Labute approximate surface area is 112 Å². The molecule has 0 aromatic heterocycles. The SMILES string of the molecule is CS(=O)(=O)Nc1cccc(CNC(=O)NC2CC2)c1. The maximum atomic E-state index is 11.4. The lowest BCUT2D eigenvalue weighted by Gasteiger charge is -2.08. The summed E-state index contributed by atoms with van der Waals surface area (Å²) in [6.07, 6.45) is 3.18. The third kappa shape index (κ3) is 5.17. The van der Waals surface area contributed by atoms with Crippen molar-refractivity contribution in [2.24, 2.45) is 0 Å². The molecule has 0 bridgehead atoms. The minimum absolute atomic E-state index is 0.191. The molecule has 0 unspecified atom stereocenters. The van der Waals surface area contributed by atoms with Crippen molar-refractivity contribution in [2.45, 2.75) is 25.4 Å². The lowest BCUT2D eigenvalue weighted by molar-refractivity contribution is 0.240. The molecular formula is C12H17N3O3S. The maximum absolute atomic E-state index is 11.4. The summed E-state index contributed by atoms with van der Waals surface area (Å²) in [5, 5.41) is 5.55. The summed E-state index contributed by atoms with van der Waals surface area (Å²) >= 11 is 0. The van der Waals surface area contributed by atoms with Crippen molar-refractivity contribution in [3.05, 3.63) is 29.8 Å². The summed E-state index contributed by atoms with van der Waals surface area (Å²) in [5.74, 6) is 0. The average Bonchev–Trinajstić information content (AvgIpc) is 3.08. The predicted molar refractivity (Wildman–Crippen MR) is 73.3 cm³/mol. The van der Waals surface area contributed by atoms with Crippen LogP contribution in [0.25, 0.3) is 0 Å². The van der Waals surface area contributed by atoms with Crippen LogP contribution < -0.4 is 15.4 Å². The summed E-state index contributed by atoms with van der Waals surface area (Å²) in [5.41, 5.74) is 1.32. The molecule has 104 valence electrons. The van der Waals surface area contributed by atoms with Crippen molar-refractivity contribution in [3.8, 4) is 0 Å². The van der Waals surface area contributed by atoms with Gasteiger partial charge in [0.2, 0.25) is 10.0 Å². The molecular weight excluding hydrogens is 266 g/mol. The first kappa shape index (κ1) is 13.7. The van der Waals surface area contributed by atoms with Gasteiger partial charge in [0.1, 0.15) is 0 Å². The van der Waals surface area contributed by atoms with Crippen LogP contribution in [0.1, 0.15) is 18.4 Å². The summed E-state index contributed by atoms with van der Waals surface area (Å²) in [6.45, 7) is 0.359. The van der Waals surface area contributed by atoms with Gasteiger partial charge in [0, 0.05) is 18.3 Å². The molecule has 1 fully saturated rings. The van der Waals surface area contributed by atoms with E-state index < -0.39 is 10.0 Å². The van der Waals surface area contributed by atoms with E-state index in [4.69, 9.17) is 0 Å². The van der Waals surface area contributed by atoms with Crippen LogP contribution in [-0.2, 0) is 16.6 Å². The Bertz CT molecular complexity index is 567. The van der Waals surface area contributed by atoms with Gasteiger partial charge in [-0.15, -0.1) is 0 Å². The van der Waals surface area contributed by atoms with E-state index in [0.717, 1.165) is 24.7 Å². The van der Waals surface area contributed by atoms with Gasteiger partial charge in [0.15, 0.2) is 0 Å². The average molecular weight is 283 g/mol. The highest BCUT2D eigenvalue weighted by Gasteiger charge is 2.22. The van der Waals surface area contributed by atoms with Crippen LogP contribution in [0.2, 0.25) is 0 Å². The highest BCUT2D eigenvalue weighted by atomic mass is 32.2. The maximum Gasteiger partial charge on any atom is 0.315 e. The molecule has 0 radical (unpaired) electrons. The Morgan fingerprint density at radius 3 is 2.74 bits per heavy atom. The lowest BCUT2D eigenvalue weighted by atomic mass is 10.2. The van der Waals surface area contributed by atoms with Crippen molar-refractivity contribution < 1.29 is 13.2 Å². The summed E-state index contributed by atoms with van der Waals surface area (Å²) in [6, 6.07) is 7.05. The van der Waals surface area contributed by atoms with Gasteiger partial charge in [-0.05, 0) is 30.5 Å². The highest BCUT2D eigenvalue weighted by molar-refractivity contribution is 7.92. The molecule has 0 heterocycles. The zero-order valence-corrected chi connectivity index (χ0v) is 11.5. The number of sulfonamides is 1. The lowest BCUT2D eigenvalue weighted by Crippen LogP contribution is -2.36. The predicted octanol–water partition coefficient (Wildman–Crippen LogP) is 1.02. The van der Waals surface area contributed by atoms with E-state index in [0.29, 0.717) is 18.3 Å². The number of rotatable bonds is 5. The van der Waals surface area contributed by atoms with Crippen LogP contribution in [0.15, 0.2) is 24.3 Å². The van der Waals surface area contributed by atoms with Crippen LogP contribution in [0.3, 0.4) is 0 Å². The van der Waals surface area contributed by atoms with E-state index in [1.54, 1.807) is 18.2 Å². The summed E-state index contributed by atoms with van der Waals surface area (Å²) in [7, 11) is -3.28. The van der Waals surface area contributed by atoms with Crippen molar-refractivity contribution in [2.75, 3.05) is 11.0 Å². The Morgan fingerprint density at radius 2 is 2.11 bits per heavy atom. The van der Waals surface area contributed by atoms with Gasteiger partial charge in [0.25, 0.3) is 0 Å².